The highest BCUT2D eigenvalue weighted by Gasteiger charge is 2.10. The lowest BCUT2D eigenvalue weighted by molar-refractivity contribution is 0.264. The molecule has 4 aromatic rings. The highest BCUT2D eigenvalue weighted by molar-refractivity contribution is 7.09. The molecule has 0 saturated carbocycles. The summed E-state index contributed by atoms with van der Waals surface area (Å²) in [6, 6.07) is 15.2. The van der Waals surface area contributed by atoms with Crippen LogP contribution in [-0.2, 0) is 6.61 Å². The summed E-state index contributed by atoms with van der Waals surface area (Å²) in [5.41, 5.74) is 2.87. The van der Waals surface area contributed by atoms with Gasteiger partial charge in [0.1, 0.15) is 11.5 Å². The van der Waals surface area contributed by atoms with Gasteiger partial charge in [-0.3, -0.25) is 0 Å². The summed E-state index contributed by atoms with van der Waals surface area (Å²) in [7, 11) is 1.63. The summed E-state index contributed by atoms with van der Waals surface area (Å²) in [6.45, 7) is 2.20. The molecule has 2 heterocycles. The number of aromatic nitrogens is 3. The van der Waals surface area contributed by atoms with Crippen molar-refractivity contribution in [2.24, 2.45) is 0 Å². The lowest BCUT2D eigenvalue weighted by Gasteiger charge is -2.04. The molecule has 0 aliphatic rings. The van der Waals surface area contributed by atoms with E-state index in [9.17, 15) is 0 Å². The first-order valence-corrected chi connectivity index (χ1v) is 9.21. The van der Waals surface area contributed by atoms with Crippen LogP contribution in [0.25, 0.3) is 22.7 Å². The number of hydrogen-bond acceptors (Lipinski definition) is 7. The molecule has 0 fully saturated rings. The normalized spacial score (nSPS) is 10.7. The Morgan fingerprint density at radius 1 is 0.926 bits per heavy atom. The first-order chi connectivity index (χ1) is 13.2. The molecule has 0 bridgehead atoms. The van der Waals surface area contributed by atoms with Crippen molar-refractivity contribution in [1.29, 1.82) is 0 Å². The molecule has 27 heavy (non-hydrogen) atoms. The molecule has 0 aliphatic heterocycles. The lowest BCUT2D eigenvalue weighted by Crippen LogP contribution is -1.95. The van der Waals surface area contributed by atoms with E-state index in [-0.39, 0.29) is 6.61 Å². The molecule has 2 aromatic heterocycles. The van der Waals surface area contributed by atoms with Crippen molar-refractivity contribution in [2.45, 2.75) is 13.5 Å². The molecule has 0 spiro atoms. The third kappa shape index (κ3) is 3.98. The largest absolute Gasteiger partial charge is 0.497 e. The second-order valence-corrected chi connectivity index (χ2v) is 6.86. The zero-order valence-corrected chi connectivity index (χ0v) is 15.7. The van der Waals surface area contributed by atoms with Crippen molar-refractivity contribution in [3.05, 3.63) is 64.8 Å². The van der Waals surface area contributed by atoms with Gasteiger partial charge in [0.15, 0.2) is 6.61 Å². The van der Waals surface area contributed by atoms with Crippen LogP contribution in [0.1, 0.15) is 10.9 Å². The molecular formula is C20H17N3O3S. The number of thiazole rings is 1. The minimum atomic E-state index is 0.207. The first kappa shape index (κ1) is 17.2. The number of hydrogen-bond donors (Lipinski definition) is 0. The molecule has 0 radical (unpaired) electrons. The van der Waals surface area contributed by atoms with E-state index in [1.165, 1.54) is 0 Å². The topological polar surface area (TPSA) is 70.3 Å². The van der Waals surface area contributed by atoms with Crippen molar-refractivity contribution >= 4 is 11.3 Å². The summed E-state index contributed by atoms with van der Waals surface area (Å²) in [6.07, 6.45) is 0. The minimum absolute atomic E-state index is 0.207. The molecule has 0 unspecified atom stereocenters. The van der Waals surface area contributed by atoms with E-state index in [1.54, 1.807) is 18.4 Å². The molecule has 0 saturated heterocycles. The highest BCUT2D eigenvalue weighted by atomic mass is 32.1. The quantitative estimate of drug-likeness (QED) is 0.481. The smallest absolute Gasteiger partial charge is 0.254 e. The Bertz CT molecular complexity index is 1020. The highest BCUT2D eigenvalue weighted by Crippen LogP contribution is 2.25. The van der Waals surface area contributed by atoms with Crippen molar-refractivity contribution in [3.8, 4) is 34.2 Å². The van der Waals surface area contributed by atoms with Crippen LogP contribution in [-0.4, -0.2) is 22.3 Å². The summed E-state index contributed by atoms with van der Waals surface area (Å²) < 4.78 is 16.5. The Kier molecular flexibility index (Phi) is 4.84. The van der Waals surface area contributed by atoms with E-state index in [1.807, 2.05) is 60.8 Å². The van der Waals surface area contributed by atoms with Gasteiger partial charge < -0.3 is 13.9 Å². The maximum absolute atomic E-state index is 5.74. The van der Waals surface area contributed by atoms with Crippen LogP contribution in [0.5, 0.6) is 11.5 Å². The van der Waals surface area contributed by atoms with E-state index >= 15 is 0 Å². The predicted octanol–water partition coefficient (Wildman–Crippen LogP) is 4.76. The molecule has 6 nitrogen and oxygen atoms in total. The fourth-order valence-electron chi connectivity index (χ4n) is 2.53. The monoisotopic (exact) mass is 379 g/mol. The number of ether oxygens (including phenoxy) is 2. The van der Waals surface area contributed by atoms with Crippen LogP contribution in [0.15, 0.2) is 58.3 Å². The maximum atomic E-state index is 5.74. The standard InChI is InChI=1S/C20H17N3O3S/c1-13-21-18(12-27-13)14-3-9-17(10-4-14)25-11-19-22-23-20(26-19)15-5-7-16(24-2)8-6-15/h3-10,12H,11H2,1-2H3. The van der Waals surface area contributed by atoms with E-state index in [4.69, 9.17) is 13.9 Å². The van der Waals surface area contributed by atoms with Crippen LogP contribution >= 0.6 is 11.3 Å². The molecule has 4 rings (SSSR count). The molecule has 7 heteroatoms. The SMILES string of the molecule is COc1ccc(-c2nnc(COc3ccc(-c4csc(C)n4)cc3)o2)cc1. The van der Waals surface area contributed by atoms with Gasteiger partial charge in [-0.1, -0.05) is 0 Å². The van der Waals surface area contributed by atoms with Gasteiger partial charge in [-0.05, 0) is 55.5 Å². The third-order valence-corrected chi connectivity index (χ3v) is 4.71. The second-order valence-electron chi connectivity index (χ2n) is 5.79. The molecule has 2 aromatic carbocycles. The molecular weight excluding hydrogens is 362 g/mol. The van der Waals surface area contributed by atoms with Gasteiger partial charge in [-0.15, -0.1) is 21.5 Å². The predicted molar refractivity (Wildman–Crippen MR) is 103 cm³/mol. The van der Waals surface area contributed by atoms with Gasteiger partial charge in [-0.2, -0.15) is 0 Å². The van der Waals surface area contributed by atoms with Crippen molar-refractivity contribution < 1.29 is 13.9 Å². The molecule has 0 aliphatic carbocycles. The average Bonchev–Trinajstić information content (AvgIpc) is 3.36. The fraction of sp³-hybridized carbons (Fsp3) is 0.150. The summed E-state index contributed by atoms with van der Waals surface area (Å²) in [5, 5.41) is 11.2. The number of rotatable bonds is 6. The third-order valence-electron chi connectivity index (χ3n) is 3.94. The fourth-order valence-corrected chi connectivity index (χ4v) is 3.15. The lowest BCUT2D eigenvalue weighted by atomic mass is 10.2. The van der Waals surface area contributed by atoms with E-state index < -0.39 is 0 Å². The molecule has 0 atom stereocenters. The summed E-state index contributed by atoms with van der Waals surface area (Å²) >= 11 is 1.64. The van der Waals surface area contributed by atoms with Gasteiger partial charge in [0.25, 0.3) is 5.89 Å². The Morgan fingerprint density at radius 3 is 2.30 bits per heavy atom. The van der Waals surface area contributed by atoms with Crippen molar-refractivity contribution in [3.63, 3.8) is 0 Å². The average molecular weight is 379 g/mol. The molecule has 0 amide bonds. The second kappa shape index (κ2) is 7.59. The zero-order chi connectivity index (χ0) is 18.6. The van der Waals surface area contributed by atoms with Crippen molar-refractivity contribution in [1.82, 2.24) is 15.2 Å². The van der Waals surface area contributed by atoms with Crippen LogP contribution in [0.3, 0.4) is 0 Å². The van der Waals surface area contributed by atoms with Crippen LogP contribution in [0.2, 0.25) is 0 Å². The first-order valence-electron chi connectivity index (χ1n) is 8.33. The van der Waals surface area contributed by atoms with Gasteiger partial charge in [0.2, 0.25) is 5.89 Å². The van der Waals surface area contributed by atoms with E-state index in [0.29, 0.717) is 11.8 Å². The Balaban J connectivity index is 1.39. The minimum Gasteiger partial charge on any atom is -0.497 e. The van der Waals surface area contributed by atoms with Gasteiger partial charge in [-0.25, -0.2) is 4.98 Å². The Hall–Kier alpha value is -3.19. The van der Waals surface area contributed by atoms with Gasteiger partial charge >= 0.3 is 0 Å². The van der Waals surface area contributed by atoms with Crippen LogP contribution < -0.4 is 9.47 Å². The Morgan fingerprint density at radius 2 is 1.63 bits per heavy atom. The molecule has 0 N–H and O–H groups in total. The Labute approximate surface area is 160 Å². The van der Waals surface area contributed by atoms with Gasteiger partial charge in [0.05, 0.1) is 17.8 Å². The maximum Gasteiger partial charge on any atom is 0.254 e. The zero-order valence-electron chi connectivity index (χ0n) is 14.9. The number of benzene rings is 2. The van der Waals surface area contributed by atoms with E-state index in [0.717, 1.165) is 33.3 Å². The number of nitrogens with zero attached hydrogens (tertiary/aromatic N) is 3. The van der Waals surface area contributed by atoms with Crippen LogP contribution in [0, 0.1) is 6.92 Å². The van der Waals surface area contributed by atoms with E-state index in [2.05, 4.69) is 15.2 Å². The summed E-state index contributed by atoms with van der Waals surface area (Å²) in [5.74, 6) is 2.37. The summed E-state index contributed by atoms with van der Waals surface area (Å²) in [4.78, 5) is 4.48. The van der Waals surface area contributed by atoms with Crippen LogP contribution in [0.4, 0.5) is 0 Å². The number of methoxy groups -OCH3 is 1. The van der Waals surface area contributed by atoms with Gasteiger partial charge in [0, 0.05) is 16.5 Å². The number of aryl methyl sites for hydroxylation is 1. The van der Waals surface area contributed by atoms with Crippen molar-refractivity contribution in [2.75, 3.05) is 7.11 Å². The molecule has 136 valence electrons.